The van der Waals surface area contributed by atoms with Gasteiger partial charge < -0.3 is 10.2 Å². The van der Waals surface area contributed by atoms with Crippen LogP contribution in [0.3, 0.4) is 0 Å². The quantitative estimate of drug-likeness (QED) is 0.849. The Morgan fingerprint density at radius 2 is 1.95 bits per heavy atom. The number of halogens is 4. The second-order valence-electron chi connectivity index (χ2n) is 5.74. The van der Waals surface area contributed by atoms with Crippen molar-refractivity contribution in [3.63, 3.8) is 0 Å². The molecular formula is C14H15F4N3O. The van der Waals surface area contributed by atoms with Crippen molar-refractivity contribution in [3.05, 3.63) is 29.3 Å². The molecule has 4 heterocycles. The maximum Gasteiger partial charge on any atom is 0.436 e. The molecule has 4 rings (SSSR count). The van der Waals surface area contributed by atoms with Gasteiger partial charge in [-0.3, -0.25) is 4.79 Å². The van der Waals surface area contributed by atoms with Gasteiger partial charge in [-0.25, -0.2) is 9.37 Å². The molecule has 1 aromatic rings. The highest BCUT2D eigenvalue weighted by Crippen LogP contribution is 2.30. The Morgan fingerprint density at radius 3 is 2.50 bits per heavy atom. The predicted octanol–water partition coefficient (Wildman–Crippen LogP) is 2.06. The summed E-state index contributed by atoms with van der Waals surface area (Å²) < 4.78 is 51.1. The number of amides is 1. The predicted molar refractivity (Wildman–Crippen MR) is 69.6 cm³/mol. The van der Waals surface area contributed by atoms with E-state index in [9.17, 15) is 22.4 Å². The highest BCUT2D eigenvalue weighted by molar-refractivity contribution is 5.92. The molecule has 3 saturated heterocycles. The minimum Gasteiger partial charge on any atom is -0.346 e. The fraction of sp³-hybridized carbons (Fsp3) is 0.571. The lowest BCUT2D eigenvalue weighted by Crippen LogP contribution is -2.57. The van der Waals surface area contributed by atoms with E-state index >= 15 is 0 Å². The van der Waals surface area contributed by atoms with E-state index in [2.05, 4.69) is 15.2 Å². The standard InChI is InChI=1S/C14H15F4N3O/c15-9-1-2-10(19-12(9)14(16,17)18)13(22)20-11-7-21-5-3-8(11)4-6-21/h1-2,8,11H,3-7H2,(H,20,22). The van der Waals surface area contributed by atoms with Gasteiger partial charge in [0.2, 0.25) is 0 Å². The largest absolute Gasteiger partial charge is 0.436 e. The van der Waals surface area contributed by atoms with E-state index in [4.69, 9.17) is 0 Å². The van der Waals surface area contributed by atoms with Gasteiger partial charge >= 0.3 is 6.18 Å². The van der Waals surface area contributed by atoms with Gasteiger partial charge in [0, 0.05) is 12.6 Å². The zero-order valence-corrected chi connectivity index (χ0v) is 11.7. The Kier molecular flexibility index (Phi) is 3.80. The van der Waals surface area contributed by atoms with Crippen LogP contribution in [-0.2, 0) is 6.18 Å². The molecule has 0 aromatic carbocycles. The first kappa shape index (κ1) is 15.2. The van der Waals surface area contributed by atoms with Crippen molar-refractivity contribution in [2.24, 2.45) is 5.92 Å². The Morgan fingerprint density at radius 1 is 1.27 bits per heavy atom. The molecule has 1 aromatic heterocycles. The highest BCUT2D eigenvalue weighted by atomic mass is 19.4. The smallest absolute Gasteiger partial charge is 0.346 e. The second kappa shape index (κ2) is 5.49. The summed E-state index contributed by atoms with van der Waals surface area (Å²) in [6.07, 6.45) is -2.98. The normalized spacial score (nSPS) is 27.7. The van der Waals surface area contributed by atoms with Crippen LogP contribution in [0.15, 0.2) is 12.1 Å². The molecule has 2 bridgehead atoms. The number of nitrogens with one attached hydrogen (secondary N) is 1. The summed E-state index contributed by atoms with van der Waals surface area (Å²) in [7, 11) is 0. The number of alkyl halides is 3. The maximum absolute atomic E-state index is 13.2. The average Bonchev–Trinajstić information content (AvgIpc) is 2.47. The second-order valence-corrected chi connectivity index (χ2v) is 5.74. The van der Waals surface area contributed by atoms with Crippen LogP contribution in [0.4, 0.5) is 17.6 Å². The average molecular weight is 317 g/mol. The molecule has 3 aliphatic heterocycles. The number of rotatable bonds is 2. The SMILES string of the molecule is O=C(NC1CN2CCC1CC2)c1ccc(F)c(C(F)(F)F)n1. The third-order valence-electron chi connectivity index (χ3n) is 4.32. The van der Waals surface area contributed by atoms with Crippen molar-refractivity contribution < 1.29 is 22.4 Å². The molecule has 120 valence electrons. The Hall–Kier alpha value is -1.70. The summed E-state index contributed by atoms with van der Waals surface area (Å²) >= 11 is 0. The van der Waals surface area contributed by atoms with Crippen molar-refractivity contribution in [2.75, 3.05) is 19.6 Å². The number of carbonyl (C=O) groups is 1. The number of nitrogens with zero attached hydrogens (tertiary/aromatic N) is 2. The molecule has 0 saturated carbocycles. The third-order valence-corrected chi connectivity index (χ3v) is 4.32. The van der Waals surface area contributed by atoms with E-state index in [1.165, 1.54) is 0 Å². The molecule has 1 unspecified atom stereocenters. The van der Waals surface area contributed by atoms with E-state index in [0.717, 1.165) is 32.0 Å². The molecule has 3 aliphatic rings. The fourth-order valence-corrected chi connectivity index (χ4v) is 3.14. The lowest BCUT2D eigenvalue weighted by molar-refractivity contribution is -0.143. The Bertz CT molecular complexity index is 582. The van der Waals surface area contributed by atoms with Gasteiger partial charge in [0.05, 0.1) is 0 Å². The van der Waals surface area contributed by atoms with Gasteiger partial charge in [0.15, 0.2) is 11.5 Å². The first-order valence-electron chi connectivity index (χ1n) is 7.11. The van der Waals surface area contributed by atoms with E-state index in [1.807, 2.05) is 0 Å². The topological polar surface area (TPSA) is 45.2 Å². The lowest BCUT2D eigenvalue weighted by atomic mass is 9.84. The maximum atomic E-state index is 13.2. The van der Waals surface area contributed by atoms with Crippen molar-refractivity contribution >= 4 is 5.91 Å². The molecule has 3 fully saturated rings. The monoisotopic (exact) mass is 317 g/mol. The van der Waals surface area contributed by atoms with Crippen LogP contribution in [-0.4, -0.2) is 41.5 Å². The van der Waals surface area contributed by atoms with Crippen LogP contribution in [0.25, 0.3) is 0 Å². The van der Waals surface area contributed by atoms with Crippen LogP contribution >= 0.6 is 0 Å². The first-order chi connectivity index (χ1) is 10.3. The number of hydrogen-bond donors (Lipinski definition) is 1. The summed E-state index contributed by atoms with van der Waals surface area (Å²) in [5, 5.41) is 2.73. The minimum absolute atomic E-state index is 0.0869. The van der Waals surface area contributed by atoms with Crippen LogP contribution in [0.2, 0.25) is 0 Å². The van der Waals surface area contributed by atoms with Crippen LogP contribution in [0.1, 0.15) is 29.0 Å². The zero-order valence-electron chi connectivity index (χ0n) is 11.7. The molecule has 0 aliphatic carbocycles. The van der Waals surface area contributed by atoms with E-state index in [-0.39, 0.29) is 6.04 Å². The zero-order chi connectivity index (χ0) is 15.9. The lowest BCUT2D eigenvalue weighted by Gasteiger charge is -2.44. The summed E-state index contributed by atoms with van der Waals surface area (Å²) in [4.78, 5) is 17.5. The molecule has 8 heteroatoms. The van der Waals surface area contributed by atoms with Crippen LogP contribution < -0.4 is 5.32 Å². The number of piperidine rings is 3. The molecular weight excluding hydrogens is 302 g/mol. The molecule has 1 amide bonds. The van der Waals surface area contributed by atoms with E-state index in [0.29, 0.717) is 18.5 Å². The highest BCUT2D eigenvalue weighted by Gasteiger charge is 2.38. The number of fused-ring (bicyclic) bond motifs is 3. The van der Waals surface area contributed by atoms with Crippen LogP contribution in [0.5, 0.6) is 0 Å². The van der Waals surface area contributed by atoms with Gasteiger partial charge in [-0.05, 0) is 44.0 Å². The third kappa shape index (κ3) is 2.92. The molecule has 4 nitrogen and oxygen atoms in total. The fourth-order valence-electron chi connectivity index (χ4n) is 3.14. The molecule has 22 heavy (non-hydrogen) atoms. The minimum atomic E-state index is -4.92. The van der Waals surface area contributed by atoms with Crippen molar-refractivity contribution in [2.45, 2.75) is 25.1 Å². The summed E-state index contributed by atoms with van der Waals surface area (Å²) in [6, 6.07) is 1.51. The van der Waals surface area contributed by atoms with Gasteiger partial charge in [-0.2, -0.15) is 13.2 Å². The van der Waals surface area contributed by atoms with E-state index < -0.39 is 29.3 Å². The van der Waals surface area contributed by atoms with Gasteiger partial charge in [0.1, 0.15) is 5.69 Å². The van der Waals surface area contributed by atoms with E-state index in [1.54, 1.807) is 0 Å². The van der Waals surface area contributed by atoms with Gasteiger partial charge in [-0.15, -0.1) is 0 Å². The molecule has 0 spiro atoms. The summed E-state index contributed by atoms with van der Waals surface area (Å²) in [5.41, 5.74) is -2.07. The van der Waals surface area contributed by atoms with Crippen molar-refractivity contribution in [1.82, 2.24) is 15.2 Å². The molecule has 1 N–H and O–H groups in total. The number of aromatic nitrogens is 1. The number of pyridine rings is 1. The summed E-state index contributed by atoms with van der Waals surface area (Å²) in [6.45, 7) is 2.68. The molecule has 0 radical (unpaired) electrons. The summed E-state index contributed by atoms with van der Waals surface area (Å²) in [5.74, 6) is -1.83. The van der Waals surface area contributed by atoms with Crippen LogP contribution in [0, 0.1) is 11.7 Å². The van der Waals surface area contributed by atoms with Gasteiger partial charge in [0.25, 0.3) is 5.91 Å². The van der Waals surface area contributed by atoms with Gasteiger partial charge in [-0.1, -0.05) is 0 Å². The number of hydrogen-bond acceptors (Lipinski definition) is 3. The van der Waals surface area contributed by atoms with Crippen molar-refractivity contribution in [3.8, 4) is 0 Å². The first-order valence-corrected chi connectivity index (χ1v) is 7.11. The van der Waals surface area contributed by atoms with Crippen molar-refractivity contribution in [1.29, 1.82) is 0 Å². The Labute approximate surface area is 124 Å². The number of carbonyl (C=O) groups excluding carboxylic acids is 1. The Balaban J connectivity index is 1.75. The molecule has 1 atom stereocenters.